The highest BCUT2D eigenvalue weighted by atomic mass is 19.4. The quantitative estimate of drug-likeness (QED) is 0.736. The number of hydrogen-bond acceptors (Lipinski definition) is 4. The number of nitrogens with one attached hydrogen (secondary N) is 1. The summed E-state index contributed by atoms with van der Waals surface area (Å²) < 4.78 is 42.5. The fraction of sp³-hybridized carbons (Fsp3) is 0.900. The van der Waals surface area contributed by atoms with E-state index in [9.17, 15) is 18.0 Å². The number of ether oxygens (including phenoxy) is 1. The van der Waals surface area contributed by atoms with Crippen LogP contribution in [0.15, 0.2) is 0 Å². The minimum atomic E-state index is -4.75. The van der Waals surface area contributed by atoms with Crippen molar-refractivity contribution in [2.45, 2.75) is 18.6 Å². The Labute approximate surface area is 103 Å². The van der Waals surface area contributed by atoms with Crippen molar-refractivity contribution in [3.8, 4) is 0 Å². The number of carbonyl (C=O) groups is 1. The molecule has 5 nitrogen and oxygen atoms in total. The van der Waals surface area contributed by atoms with Crippen LogP contribution in [0.4, 0.5) is 13.2 Å². The maximum atomic E-state index is 12.5. The molecule has 1 saturated heterocycles. The molecule has 0 aromatic heterocycles. The molecular formula is C10H18F3N3O2. The van der Waals surface area contributed by atoms with Gasteiger partial charge < -0.3 is 15.8 Å². The largest absolute Gasteiger partial charge is 0.415 e. The molecule has 0 radical (unpaired) electrons. The van der Waals surface area contributed by atoms with E-state index in [-0.39, 0.29) is 6.54 Å². The lowest BCUT2D eigenvalue weighted by Gasteiger charge is -2.28. The smallest absolute Gasteiger partial charge is 0.379 e. The van der Waals surface area contributed by atoms with Crippen LogP contribution >= 0.6 is 0 Å². The summed E-state index contributed by atoms with van der Waals surface area (Å²) >= 11 is 0. The molecule has 1 aliphatic rings. The Balaban J connectivity index is 2.32. The molecule has 8 heteroatoms. The Morgan fingerprint density at radius 1 is 1.39 bits per heavy atom. The summed E-state index contributed by atoms with van der Waals surface area (Å²) in [6.45, 7) is 3.93. The molecule has 0 bridgehead atoms. The molecule has 0 aromatic rings. The highest BCUT2D eigenvalue weighted by Crippen LogP contribution is 2.27. The number of morpholine rings is 1. The lowest BCUT2D eigenvalue weighted by molar-refractivity contribution is -0.187. The molecule has 18 heavy (non-hydrogen) atoms. The van der Waals surface area contributed by atoms with E-state index in [1.165, 1.54) is 0 Å². The van der Waals surface area contributed by atoms with Crippen LogP contribution in [0.5, 0.6) is 0 Å². The van der Waals surface area contributed by atoms with Crippen LogP contribution in [0.1, 0.15) is 6.92 Å². The Bertz CT molecular complexity index is 289. The monoisotopic (exact) mass is 269 g/mol. The summed E-state index contributed by atoms with van der Waals surface area (Å²) in [5.41, 5.74) is 2.14. The van der Waals surface area contributed by atoms with E-state index in [1.54, 1.807) is 0 Å². The Kier molecular flexibility index (Phi) is 4.94. The second-order valence-corrected chi connectivity index (χ2v) is 4.41. The average Bonchev–Trinajstić information content (AvgIpc) is 2.28. The van der Waals surface area contributed by atoms with Crippen molar-refractivity contribution in [3.63, 3.8) is 0 Å². The van der Waals surface area contributed by atoms with E-state index in [1.807, 2.05) is 4.90 Å². The van der Waals surface area contributed by atoms with Gasteiger partial charge in [-0.3, -0.25) is 9.69 Å². The number of nitrogens with zero attached hydrogens (tertiary/aromatic N) is 1. The first kappa shape index (κ1) is 15.2. The van der Waals surface area contributed by atoms with E-state index >= 15 is 0 Å². The zero-order valence-corrected chi connectivity index (χ0v) is 10.2. The van der Waals surface area contributed by atoms with Crippen molar-refractivity contribution in [1.82, 2.24) is 10.2 Å². The van der Waals surface area contributed by atoms with Crippen LogP contribution in [0.3, 0.4) is 0 Å². The van der Waals surface area contributed by atoms with Crippen molar-refractivity contribution in [2.75, 3.05) is 39.4 Å². The van der Waals surface area contributed by atoms with Crippen LogP contribution in [0, 0.1) is 0 Å². The maximum absolute atomic E-state index is 12.5. The van der Waals surface area contributed by atoms with Crippen molar-refractivity contribution in [1.29, 1.82) is 0 Å². The Morgan fingerprint density at radius 3 is 2.44 bits per heavy atom. The lowest BCUT2D eigenvalue weighted by atomic mass is 10.0. The maximum Gasteiger partial charge on any atom is 0.415 e. The highest BCUT2D eigenvalue weighted by Gasteiger charge is 2.53. The molecule has 1 unspecified atom stereocenters. The summed E-state index contributed by atoms with van der Waals surface area (Å²) in [6.07, 6.45) is -4.75. The van der Waals surface area contributed by atoms with E-state index in [0.717, 1.165) is 13.1 Å². The van der Waals surface area contributed by atoms with Gasteiger partial charge in [0.15, 0.2) is 5.54 Å². The molecule has 1 amide bonds. The van der Waals surface area contributed by atoms with Gasteiger partial charge in [0, 0.05) is 26.2 Å². The second-order valence-electron chi connectivity index (χ2n) is 4.41. The predicted molar refractivity (Wildman–Crippen MR) is 58.9 cm³/mol. The van der Waals surface area contributed by atoms with Crippen LogP contribution in [0.2, 0.25) is 0 Å². The first-order valence-corrected chi connectivity index (χ1v) is 5.69. The molecule has 3 N–H and O–H groups in total. The summed E-state index contributed by atoms with van der Waals surface area (Å²) in [7, 11) is 0. The summed E-state index contributed by atoms with van der Waals surface area (Å²) in [5.74, 6) is -1.21. The van der Waals surface area contributed by atoms with Crippen molar-refractivity contribution in [2.24, 2.45) is 5.73 Å². The van der Waals surface area contributed by atoms with Gasteiger partial charge >= 0.3 is 6.18 Å². The number of alkyl halides is 3. The molecule has 0 aliphatic carbocycles. The van der Waals surface area contributed by atoms with Gasteiger partial charge in [-0.15, -0.1) is 0 Å². The van der Waals surface area contributed by atoms with Crippen LogP contribution < -0.4 is 11.1 Å². The number of amides is 1. The number of hydrogen-bond donors (Lipinski definition) is 2. The first-order valence-electron chi connectivity index (χ1n) is 5.69. The fourth-order valence-electron chi connectivity index (χ4n) is 1.46. The predicted octanol–water partition coefficient (Wildman–Crippen LogP) is -0.286. The average molecular weight is 269 g/mol. The Morgan fingerprint density at radius 2 is 1.94 bits per heavy atom. The second kappa shape index (κ2) is 5.85. The molecule has 1 atom stereocenters. The van der Waals surface area contributed by atoms with E-state index in [0.29, 0.717) is 26.7 Å². The molecule has 0 spiro atoms. The van der Waals surface area contributed by atoms with Gasteiger partial charge in [0.2, 0.25) is 5.91 Å². The number of rotatable bonds is 4. The molecule has 1 fully saturated rings. The SMILES string of the molecule is CC(N)(C(=O)NCCN1CCOCC1)C(F)(F)F. The number of carbonyl (C=O) groups excluding carboxylic acids is 1. The van der Waals surface area contributed by atoms with Gasteiger partial charge in [0.05, 0.1) is 13.2 Å². The molecular weight excluding hydrogens is 251 g/mol. The summed E-state index contributed by atoms with van der Waals surface area (Å²) in [4.78, 5) is 13.4. The topological polar surface area (TPSA) is 67.6 Å². The van der Waals surface area contributed by atoms with Crippen LogP contribution in [-0.2, 0) is 9.53 Å². The molecule has 1 heterocycles. The third-order valence-electron chi connectivity index (χ3n) is 2.88. The minimum Gasteiger partial charge on any atom is -0.379 e. The highest BCUT2D eigenvalue weighted by molar-refractivity contribution is 5.86. The summed E-state index contributed by atoms with van der Waals surface area (Å²) in [6, 6.07) is 0. The number of nitrogens with two attached hydrogens (primary N) is 1. The van der Waals surface area contributed by atoms with Gasteiger partial charge in [-0.25, -0.2) is 0 Å². The molecule has 1 aliphatic heterocycles. The number of halogens is 3. The lowest BCUT2D eigenvalue weighted by Crippen LogP contribution is -2.61. The van der Waals surface area contributed by atoms with Gasteiger partial charge in [0.1, 0.15) is 0 Å². The van der Waals surface area contributed by atoms with Crippen molar-refractivity contribution < 1.29 is 22.7 Å². The third kappa shape index (κ3) is 3.82. The van der Waals surface area contributed by atoms with Gasteiger partial charge in [-0.05, 0) is 6.92 Å². The van der Waals surface area contributed by atoms with Crippen LogP contribution in [-0.4, -0.2) is 61.9 Å². The molecule has 1 rings (SSSR count). The van der Waals surface area contributed by atoms with Gasteiger partial charge in [-0.2, -0.15) is 13.2 Å². The zero-order chi connectivity index (χ0) is 13.8. The third-order valence-corrected chi connectivity index (χ3v) is 2.88. The molecule has 106 valence electrons. The zero-order valence-electron chi connectivity index (χ0n) is 10.2. The van der Waals surface area contributed by atoms with Gasteiger partial charge in [-0.1, -0.05) is 0 Å². The standard InChI is InChI=1S/C10H18F3N3O2/c1-9(14,10(11,12)13)8(17)15-2-3-16-4-6-18-7-5-16/h2-7,14H2,1H3,(H,15,17). The Hall–Kier alpha value is -0.860. The normalized spacial score (nSPS) is 21.4. The van der Waals surface area contributed by atoms with Gasteiger partial charge in [0.25, 0.3) is 0 Å². The summed E-state index contributed by atoms with van der Waals surface area (Å²) in [5, 5.41) is 2.21. The molecule has 0 saturated carbocycles. The minimum absolute atomic E-state index is 0.141. The van der Waals surface area contributed by atoms with E-state index in [2.05, 4.69) is 5.32 Å². The fourth-order valence-corrected chi connectivity index (χ4v) is 1.46. The van der Waals surface area contributed by atoms with E-state index < -0.39 is 17.6 Å². The first-order chi connectivity index (χ1) is 8.25. The van der Waals surface area contributed by atoms with E-state index in [4.69, 9.17) is 10.5 Å². The van der Waals surface area contributed by atoms with Crippen molar-refractivity contribution in [3.05, 3.63) is 0 Å². The van der Waals surface area contributed by atoms with Crippen LogP contribution in [0.25, 0.3) is 0 Å². The molecule has 0 aromatic carbocycles. The van der Waals surface area contributed by atoms with Crippen molar-refractivity contribution >= 4 is 5.91 Å².